The summed E-state index contributed by atoms with van der Waals surface area (Å²) in [7, 11) is 0. The van der Waals surface area contributed by atoms with E-state index in [-0.39, 0.29) is 24.1 Å². The summed E-state index contributed by atoms with van der Waals surface area (Å²) in [5, 5.41) is 0. The summed E-state index contributed by atoms with van der Waals surface area (Å²) in [5.41, 5.74) is 0.919. The van der Waals surface area contributed by atoms with Gasteiger partial charge in [0.25, 0.3) is 0 Å². The molecule has 0 atom stereocenters. The molecule has 0 amide bonds. The van der Waals surface area contributed by atoms with Gasteiger partial charge in [0.15, 0.2) is 0 Å². The highest BCUT2D eigenvalue weighted by Crippen LogP contribution is 2.26. The molecule has 1 saturated carbocycles. The van der Waals surface area contributed by atoms with Gasteiger partial charge in [0.2, 0.25) is 0 Å². The van der Waals surface area contributed by atoms with Crippen molar-refractivity contribution in [2.45, 2.75) is 89.3 Å². The summed E-state index contributed by atoms with van der Waals surface area (Å²) in [4.78, 5) is 47.4. The molecule has 0 aromatic heterocycles. The Morgan fingerprint density at radius 3 is 1.19 bits per heavy atom. The summed E-state index contributed by atoms with van der Waals surface area (Å²) in [5.74, 6) is -0.187. The maximum atomic E-state index is 12.7. The number of esters is 4. The summed E-state index contributed by atoms with van der Waals surface area (Å²) >= 11 is 0. The molecule has 2 aromatic carbocycles. The van der Waals surface area contributed by atoms with Crippen LogP contribution in [0.4, 0.5) is 0 Å². The van der Waals surface area contributed by atoms with Gasteiger partial charge in [0.05, 0.1) is 37.6 Å². The lowest BCUT2D eigenvalue weighted by molar-refractivity contribution is -0.138. The van der Waals surface area contributed by atoms with Crippen molar-refractivity contribution < 1.29 is 47.6 Å². The van der Waals surface area contributed by atoms with Crippen LogP contribution in [-0.2, 0) is 28.5 Å². The average molecular weight is 665 g/mol. The van der Waals surface area contributed by atoms with E-state index in [1.54, 1.807) is 48.5 Å². The summed E-state index contributed by atoms with van der Waals surface area (Å²) < 4.78 is 32.9. The Kier molecular flexibility index (Phi) is 17.4. The third-order valence-electron chi connectivity index (χ3n) is 7.79. The van der Waals surface area contributed by atoms with Crippen molar-refractivity contribution in [3.8, 4) is 11.5 Å². The molecule has 260 valence electrons. The van der Waals surface area contributed by atoms with Crippen molar-refractivity contribution in [2.24, 2.45) is 0 Å². The lowest BCUT2D eigenvalue weighted by atomic mass is 9.95. The summed E-state index contributed by atoms with van der Waals surface area (Å²) in [6, 6.07) is 13.8. The van der Waals surface area contributed by atoms with Gasteiger partial charge in [-0.15, -0.1) is 0 Å². The number of rotatable bonds is 22. The lowest BCUT2D eigenvalue weighted by Gasteiger charge is -2.28. The second-order valence-electron chi connectivity index (χ2n) is 11.5. The maximum Gasteiger partial charge on any atom is 0.338 e. The van der Waals surface area contributed by atoms with Gasteiger partial charge in [-0.25, -0.2) is 19.2 Å². The van der Waals surface area contributed by atoms with Gasteiger partial charge in [-0.3, -0.25) is 0 Å². The standard InChI is InChI=1S/C38H48O10/c1-3-35(39)45-27-11-7-5-9-25-43-31-17-13-29(14-18-31)37(41)47-33-21-23-34(24-22-33)48-38(42)30-15-19-32(20-16-30)44-26-10-6-8-12-28-46-36(40)4-2/h3-4,13-20,33-34H,1-2,5-12,21-28H2. The first-order valence-corrected chi connectivity index (χ1v) is 16.8. The monoisotopic (exact) mass is 664 g/mol. The summed E-state index contributed by atoms with van der Waals surface area (Å²) in [6.07, 6.45) is 11.5. The zero-order chi connectivity index (χ0) is 34.4. The first kappa shape index (κ1) is 37.9. The number of hydrogen-bond acceptors (Lipinski definition) is 10. The van der Waals surface area contributed by atoms with Crippen LogP contribution in [0.5, 0.6) is 11.5 Å². The first-order chi connectivity index (χ1) is 23.4. The van der Waals surface area contributed by atoms with Crippen molar-refractivity contribution in [3.63, 3.8) is 0 Å². The molecule has 0 bridgehead atoms. The number of benzene rings is 2. The number of unbranched alkanes of at least 4 members (excludes halogenated alkanes) is 6. The third-order valence-corrected chi connectivity index (χ3v) is 7.79. The summed E-state index contributed by atoms with van der Waals surface area (Å²) in [6.45, 7) is 8.65. The maximum absolute atomic E-state index is 12.7. The van der Waals surface area contributed by atoms with Crippen LogP contribution in [0.25, 0.3) is 0 Å². The molecule has 0 radical (unpaired) electrons. The quantitative estimate of drug-likeness (QED) is 0.0546. The van der Waals surface area contributed by atoms with E-state index in [1.165, 1.54) is 0 Å². The lowest BCUT2D eigenvalue weighted by Crippen LogP contribution is -2.29. The molecule has 3 rings (SSSR count). The van der Waals surface area contributed by atoms with E-state index in [4.69, 9.17) is 28.4 Å². The molecule has 0 unspecified atom stereocenters. The van der Waals surface area contributed by atoms with E-state index in [9.17, 15) is 19.2 Å². The number of hydrogen-bond donors (Lipinski definition) is 0. The molecule has 0 N–H and O–H groups in total. The van der Waals surface area contributed by atoms with Crippen LogP contribution in [0.1, 0.15) is 97.8 Å². The number of carbonyl (C=O) groups excluding carboxylic acids is 4. The molecular weight excluding hydrogens is 616 g/mol. The topological polar surface area (TPSA) is 124 Å². The second kappa shape index (κ2) is 22.1. The molecule has 1 aliphatic rings. The van der Waals surface area contributed by atoms with Gasteiger partial charge in [-0.05, 0) is 126 Å². The van der Waals surface area contributed by atoms with Crippen LogP contribution in [0.3, 0.4) is 0 Å². The Balaban J connectivity index is 1.25. The Hall–Kier alpha value is -4.60. The fourth-order valence-electron chi connectivity index (χ4n) is 5.04. The predicted octanol–water partition coefficient (Wildman–Crippen LogP) is 7.35. The normalized spacial score (nSPS) is 15.4. The molecule has 0 heterocycles. The van der Waals surface area contributed by atoms with Crippen LogP contribution >= 0.6 is 0 Å². The van der Waals surface area contributed by atoms with Crippen LogP contribution in [0, 0.1) is 0 Å². The van der Waals surface area contributed by atoms with E-state index < -0.39 is 11.9 Å². The van der Waals surface area contributed by atoms with Crippen LogP contribution < -0.4 is 9.47 Å². The molecule has 0 saturated heterocycles. The predicted molar refractivity (Wildman–Crippen MR) is 180 cm³/mol. The molecule has 1 fully saturated rings. The highest BCUT2D eigenvalue weighted by molar-refractivity contribution is 5.90. The van der Waals surface area contributed by atoms with Gasteiger partial charge >= 0.3 is 23.9 Å². The third kappa shape index (κ3) is 14.9. The van der Waals surface area contributed by atoms with Gasteiger partial charge in [-0.1, -0.05) is 13.2 Å². The Morgan fingerprint density at radius 1 is 0.521 bits per heavy atom. The van der Waals surface area contributed by atoms with E-state index in [0.717, 1.165) is 63.5 Å². The van der Waals surface area contributed by atoms with E-state index in [0.29, 0.717) is 74.7 Å². The smallest absolute Gasteiger partial charge is 0.338 e. The highest BCUT2D eigenvalue weighted by atomic mass is 16.6. The van der Waals surface area contributed by atoms with Crippen LogP contribution in [0.15, 0.2) is 73.8 Å². The molecule has 48 heavy (non-hydrogen) atoms. The molecule has 0 spiro atoms. The Labute approximate surface area is 283 Å². The molecule has 10 heteroatoms. The molecule has 10 nitrogen and oxygen atoms in total. The minimum absolute atomic E-state index is 0.227. The second-order valence-corrected chi connectivity index (χ2v) is 11.5. The van der Waals surface area contributed by atoms with Crippen molar-refractivity contribution in [1.82, 2.24) is 0 Å². The fourth-order valence-corrected chi connectivity index (χ4v) is 5.04. The molecule has 0 aliphatic heterocycles. The fraction of sp³-hybridized carbons (Fsp3) is 0.474. The molecule has 1 aliphatic carbocycles. The van der Waals surface area contributed by atoms with Crippen molar-refractivity contribution in [3.05, 3.63) is 85.0 Å². The van der Waals surface area contributed by atoms with Crippen LogP contribution in [-0.4, -0.2) is 62.5 Å². The Morgan fingerprint density at radius 2 is 0.854 bits per heavy atom. The zero-order valence-electron chi connectivity index (χ0n) is 27.7. The van der Waals surface area contributed by atoms with Gasteiger partial charge in [0.1, 0.15) is 23.7 Å². The highest BCUT2D eigenvalue weighted by Gasteiger charge is 2.27. The minimum Gasteiger partial charge on any atom is -0.494 e. The van der Waals surface area contributed by atoms with Crippen LogP contribution in [0.2, 0.25) is 0 Å². The number of ether oxygens (including phenoxy) is 6. The van der Waals surface area contributed by atoms with E-state index in [2.05, 4.69) is 13.2 Å². The zero-order valence-corrected chi connectivity index (χ0v) is 27.7. The van der Waals surface area contributed by atoms with Gasteiger partial charge in [-0.2, -0.15) is 0 Å². The Bertz CT molecular complexity index is 1190. The largest absolute Gasteiger partial charge is 0.494 e. The van der Waals surface area contributed by atoms with Gasteiger partial charge < -0.3 is 28.4 Å². The SMILES string of the molecule is C=CC(=O)OCCCCCCOc1ccc(C(=O)OC2CCC(OC(=O)c3ccc(OCCCCCCOC(=O)C=C)cc3)CC2)cc1. The minimum atomic E-state index is -0.397. The first-order valence-electron chi connectivity index (χ1n) is 16.8. The van der Waals surface area contributed by atoms with E-state index >= 15 is 0 Å². The van der Waals surface area contributed by atoms with Crippen molar-refractivity contribution >= 4 is 23.9 Å². The van der Waals surface area contributed by atoms with E-state index in [1.807, 2.05) is 0 Å². The van der Waals surface area contributed by atoms with Crippen molar-refractivity contribution in [1.29, 1.82) is 0 Å². The number of carbonyl (C=O) groups is 4. The average Bonchev–Trinajstić information content (AvgIpc) is 3.11. The molecule has 2 aromatic rings. The van der Waals surface area contributed by atoms with Gasteiger partial charge in [0, 0.05) is 12.2 Å². The molecular formula is C38H48O10. The van der Waals surface area contributed by atoms with Crippen molar-refractivity contribution in [2.75, 3.05) is 26.4 Å².